The Morgan fingerprint density at radius 1 is 1.50 bits per heavy atom. The van der Waals surface area contributed by atoms with Crippen LogP contribution in [0.3, 0.4) is 0 Å². The predicted molar refractivity (Wildman–Crippen MR) is 68.8 cm³/mol. The largest absolute Gasteiger partial charge is 0.434 e. The molecule has 2 rings (SSSR count). The van der Waals surface area contributed by atoms with Gasteiger partial charge in [-0.05, 0) is 25.3 Å². The highest BCUT2D eigenvalue weighted by Gasteiger charge is 2.34. The lowest BCUT2D eigenvalue weighted by atomic mass is 9.95. The smallest absolute Gasteiger partial charge is 0.349 e. The van der Waals surface area contributed by atoms with E-state index in [4.69, 9.17) is 5.73 Å². The molecule has 1 heterocycles. The van der Waals surface area contributed by atoms with E-state index >= 15 is 0 Å². The Morgan fingerprint density at radius 3 is 2.85 bits per heavy atom. The molecule has 0 unspecified atom stereocenters. The Balaban J connectivity index is 1.89. The Morgan fingerprint density at radius 2 is 2.25 bits per heavy atom. The van der Waals surface area contributed by atoms with Crippen LogP contribution in [0.5, 0.6) is 0 Å². The molecule has 1 aliphatic carbocycles. The van der Waals surface area contributed by atoms with Crippen molar-refractivity contribution in [1.29, 1.82) is 0 Å². The summed E-state index contributed by atoms with van der Waals surface area (Å²) in [6.07, 6.45) is -1.74. The van der Waals surface area contributed by atoms with Gasteiger partial charge < -0.3 is 11.1 Å². The minimum atomic E-state index is -4.44. The van der Waals surface area contributed by atoms with Crippen LogP contribution in [0.25, 0.3) is 0 Å². The Labute approximate surface area is 118 Å². The molecule has 8 heteroatoms. The first-order valence-corrected chi connectivity index (χ1v) is 7.29. The van der Waals surface area contributed by atoms with Crippen molar-refractivity contribution in [3.63, 3.8) is 0 Å². The Hall–Kier alpha value is -1.15. The summed E-state index contributed by atoms with van der Waals surface area (Å²) in [5.41, 5.74) is 4.70. The zero-order valence-electron chi connectivity index (χ0n) is 10.7. The van der Waals surface area contributed by atoms with Gasteiger partial charge in [0.25, 0.3) is 0 Å². The second-order valence-electron chi connectivity index (χ2n) is 4.88. The second kappa shape index (κ2) is 6.09. The lowest BCUT2D eigenvalue weighted by Gasteiger charge is -2.16. The van der Waals surface area contributed by atoms with Crippen molar-refractivity contribution in [3.8, 4) is 0 Å². The summed E-state index contributed by atoms with van der Waals surface area (Å²) in [7, 11) is 0. The summed E-state index contributed by atoms with van der Waals surface area (Å²) >= 11 is 0.897. The third-order valence-electron chi connectivity index (χ3n) is 3.55. The molecule has 112 valence electrons. The number of amides is 1. The summed E-state index contributed by atoms with van der Waals surface area (Å²) in [6.45, 7) is 0.501. The first-order chi connectivity index (χ1) is 9.41. The molecule has 2 atom stereocenters. The van der Waals surface area contributed by atoms with Crippen LogP contribution in [0.4, 0.5) is 13.2 Å². The molecule has 0 spiro atoms. The SMILES string of the molecule is NC[C@H]1CCC[C@H]1C(=O)NCc1nc(C(F)(F)F)cs1. The van der Waals surface area contributed by atoms with Crippen molar-refractivity contribution in [2.45, 2.75) is 32.0 Å². The number of nitrogens with one attached hydrogen (secondary N) is 1. The van der Waals surface area contributed by atoms with Gasteiger partial charge in [0, 0.05) is 11.3 Å². The summed E-state index contributed by atoms with van der Waals surface area (Å²) in [5, 5.41) is 3.87. The summed E-state index contributed by atoms with van der Waals surface area (Å²) in [6, 6.07) is 0. The standard InChI is InChI=1S/C12H16F3N3OS/c13-12(14,15)9-6-20-10(18-9)5-17-11(19)8-3-1-2-7(8)4-16/h6-8H,1-5,16H2,(H,17,19)/t7-,8-/m1/s1. The van der Waals surface area contributed by atoms with E-state index in [2.05, 4.69) is 10.3 Å². The molecule has 1 fully saturated rings. The summed E-state index contributed by atoms with van der Waals surface area (Å²) in [5.74, 6) is -0.0826. The van der Waals surface area contributed by atoms with Gasteiger partial charge in [-0.1, -0.05) is 6.42 Å². The van der Waals surface area contributed by atoms with Gasteiger partial charge in [0.2, 0.25) is 5.91 Å². The van der Waals surface area contributed by atoms with Gasteiger partial charge in [-0.3, -0.25) is 4.79 Å². The molecule has 1 amide bonds. The van der Waals surface area contributed by atoms with Crippen molar-refractivity contribution in [2.24, 2.45) is 17.6 Å². The normalized spacial score (nSPS) is 23.0. The first kappa shape index (κ1) is 15.2. The lowest BCUT2D eigenvalue weighted by molar-refractivity contribution is -0.140. The zero-order valence-corrected chi connectivity index (χ0v) is 11.6. The van der Waals surface area contributed by atoms with Gasteiger partial charge in [0.15, 0.2) is 5.69 Å². The molecule has 1 saturated carbocycles. The molecule has 1 aromatic heterocycles. The Bertz CT molecular complexity index is 475. The van der Waals surface area contributed by atoms with E-state index in [9.17, 15) is 18.0 Å². The van der Waals surface area contributed by atoms with Crippen molar-refractivity contribution < 1.29 is 18.0 Å². The lowest BCUT2D eigenvalue weighted by Crippen LogP contribution is -2.34. The molecule has 0 bridgehead atoms. The van der Waals surface area contributed by atoms with Gasteiger partial charge in [0.1, 0.15) is 5.01 Å². The number of rotatable bonds is 4. The average Bonchev–Trinajstić information content (AvgIpc) is 3.03. The number of thiazole rings is 1. The van der Waals surface area contributed by atoms with Crippen molar-refractivity contribution in [1.82, 2.24) is 10.3 Å². The molecule has 1 aromatic rings. The number of halogens is 3. The van der Waals surface area contributed by atoms with Crippen LogP contribution in [-0.4, -0.2) is 17.4 Å². The number of nitrogens with zero attached hydrogens (tertiary/aromatic N) is 1. The molecule has 0 aromatic carbocycles. The number of nitrogens with two attached hydrogens (primary N) is 1. The van der Waals surface area contributed by atoms with Gasteiger partial charge in [-0.15, -0.1) is 11.3 Å². The van der Waals surface area contributed by atoms with E-state index in [1.807, 2.05) is 0 Å². The maximum atomic E-state index is 12.4. The highest BCUT2D eigenvalue weighted by Crippen LogP contribution is 2.32. The van der Waals surface area contributed by atoms with Gasteiger partial charge in [-0.2, -0.15) is 13.2 Å². The molecule has 4 nitrogen and oxygen atoms in total. The molecule has 20 heavy (non-hydrogen) atoms. The van der Waals surface area contributed by atoms with E-state index in [1.54, 1.807) is 0 Å². The van der Waals surface area contributed by atoms with Crippen molar-refractivity contribution in [3.05, 3.63) is 16.1 Å². The summed E-state index contributed by atoms with van der Waals surface area (Å²) < 4.78 is 37.2. The van der Waals surface area contributed by atoms with Crippen molar-refractivity contribution >= 4 is 17.2 Å². The first-order valence-electron chi connectivity index (χ1n) is 6.41. The van der Waals surface area contributed by atoms with Gasteiger partial charge in [0.05, 0.1) is 6.54 Å². The molecular formula is C12H16F3N3OS. The highest BCUT2D eigenvalue weighted by molar-refractivity contribution is 7.09. The number of carbonyl (C=O) groups is 1. The number of hydrogen-bond acceptors (Lipinski definition) is 4. The minimum absolute atomic E-state index is 0.0351. The topological polar surface area (TPSA) is 68.0 Å². The van der Waals surface area contributed by atoms with Crippen LogP contribution in [0.2, 0.25) is 0 Å². The fourth-order valence-electron chi connectivity index (χ4n) is 2.48. The minimum Gasteiger partial charge on any atom is -0.349 e. The van der Waals surface area contributed by atoms with E-state index < -0.39 is 11.9 Å². The average molecular weight is 307 g/mol. The number of carbonyl (C=O) groups excluding carboxylic acids is 1. The van der Waals surface area contributed by atoms with Crippen LogP contribution >= 0.6 is 11.3 Å². The maximum Gasteiger partial charge on any atom is 0.434 e. The zero-order chi connectivity index (χ0) is 14.8. The number of alkyl halides is 3. The fraction of sp³-hybridized carbons (Fsp3) is 0.667. The molecule has 0 aliphatic heterocycles. The highest BCUT2D eigenvalue weighted by atomic mass is 32.1. The van der Waals surface area contributed by atoms with Gasteiger partial charge >= 0.3 is 6.18 Å². The van der Waals surface area contributed by atoms with E-state index in [-0.39, 0.29) is 29.3 Å². The molecule has 0 radical (unpaired) electrons. The van der Waals surface area contributed by atoms with Crippen LogP contribution in [0, 0.1) is 11.8 Å². The van der Waals surface area contributed by atoms with E-state index in [0.717, 1.165) is 36.0 Å². The van der Waals surface area contributed by atoms with Crippen LogP contribution in [0.1, 0.15) is 30.0 Å². The quantitative estimate of drug-likeness (QED) is 0.895. The molecule has 3 N–H and O–H groups in total. The monoisotopic (exact) mass is 307 g/mol. The predicted octanol–water partition coefficient (Wildman–Crippen LogP) is 2.15. The molecule has 1 aliphatic rings. The van der Waals surface area contributed by atoms with Gasteiger partial charge in [-0.25, -0.2) is 4.98 Å². The third-order valence-corrected chi connectivity index (χ3v) is 4.40. The van der Waals surface area contributed by atoms with E-state index in [0.29, 0.717) is 6.54 Å². The van der Waals surface area contributed by atoms with Crippen LogP contribution in [-0.2, 0) is 17.5 Å². The Kier molecular flexibility index (Phi) is 4.64. The fourth-order valence-corrected chi connectivity index (χ4v) is 3.22. The van der Waals surface area contributed by atoms with E-state index in [1.165, 1.54) is 0 Å². The molecular weight excluding hydrogens is 291 g/mol. The molecule has 0 saturated heterocycles. The van der Waals surface area contributed by atoms with Crippen LogP contribution < -0.4 is 11.1 Å². The van der Waals surface area contributed by atoms with Crippen LogP contribution in [0.15, 0.2) is 5.38 Å². The maximum absolute atomic E-state index is 12.4. The number of hydrogen-bond donors (Lipinski definition) is 2. The second-order valence-corrected chi connectivity index (χ2v) is 5.82. The third kappa shape index (κ3) is 3.49. The summed E-state index contributed by atoms with van der Waals surface area (Å²) in [4.78, 5) is 15.5. The van der Waals surface area contributed by atoms with Crippen molar-refractivity contribution in [2.75, 3.05) is 6.54 Å². The number of aromatic nitrogens is 1.